The molecule has 0 fully saturated rings. The molecule has 0 aliphatic heterocycles. The van der Waals surface area contributed by atoms with Crippen molar-refractivity contribution in [3.63, 3.8) is 0 Å². The van der Waals surface area contributed by atoms with Crippen LogP contribution in [-0.4, -0.2) is 33.5 Å². The van der Waals surface area contributed by atoms with Gasteiger partial charge in [0.1, 0.15) is 5.01 Å². The summed E-state index contributed by atoms with van der Waals surface area (Å²) in [5, 5.41) is 20.1. The first-order valence-corrected chi connectivity index (χ1v) is 5.74. The fourth-order valence-electron chi connectivity index (χ4n) is 1.21. The Labute approximate surface area is 91.9 Å². The second kappa shape index (κ2) is 4.99. The van der Waals surface area contributed by atoms with Gasteiger partial charge in [-0.25, -0.2) is 0 Å². The van der Waals surface area contributed by atoms with E-state index in [0.29, 0.717) is 0 Å². The lowest BCUT2D eigenvalue weighted by molar-refractivity contribution is 0.710. The quantitative estimate of drug-likeness (QED) is 0.744. The Morgan fingerprint density at radius 1 is 1.47 bits per heavy atom. The lowest BCUT2D eigenvalue weighted by atomic mass is 10.4. The summed E-state index contributed by atoms with van der Waals surface area (Å²) in [4.78, 5) is 0. The van der Waals surface area contributed by atoms with E-state index < -0.39 is 0 Å². The van der Waals surface area contributed by atoms with Gasteiger partial charge in [-0.1, -0.05) is 18.3 Å². The molecular formula is C9H13N5S. The van der Waals surface area contributed by atoms with Crippen molar-refractivity contribution in [2.24, 2.45) is 0 Å². The molecule has 2 heterocycles. The molecule has 0 aliphatic rings. The Bertz CT molecular complexity index is 394. The molecule has 0 aliphatic carbocycles. The monoisotopic (exact) mass is 223 g/mol. The van der Waals surface area contributed by atoms with Crippen LogP contribution in [0, 0.1) is 0 Å². The number of aromatic nitrogens is 4. The van der Waals surface area contributed by atoms with E-state index in [9.17, 15) is 0 Å². The molecule has 15 heavy (non-hydrogen) atoms. The minimum Gasteiger partial charge on any atom is -0.317 e. The standard InChI is InChI=1S/C9H13N5S/c1-2-10-4-3-8-13-14-9(15-8)7-5-11-12-6-7/h5-6,10H,2-4H2,1H3,(H,11,12). The van der Waals surface area contributed by atoms with Crippen LogP contribution >= 0.6 is 11.3 Å². The topological polar surface area (TPSA) is 66.5 Å². The maximum atomic E-state index is 4.13. The Morgan fingerprint density at radius 2 is 2.40 bits per heavy atom. The molecule has 0 radical (unpaired) electrons. The Morgan fingerprint density at radius 3 is 3.13 bits per heavy atom. The SMILES string of the molecule is CCNCCc1nnc(-c2cn[nH]c2)s1. The number of nitrogens with one attached hydrogen (secondary N) is 2. The van der Waals surface area contributed by atoms with Crippen LogP contribution in [0.2, 0.25) is 0 Å². The third-order valence-corrected chi connectivity index (χ3v) is 3.01. The summed E-state index contributed by atoms with van der Waals surface area (Å²) >= 11 is 1.62. The molecule has 0 saturated heterocycles. The first kappa shape index (κ1) is 10.3. The Balaban J connectivity index is 1.98. The highest BCUT2D eigenvalue weighted by atomic mass is 32.1. The number of aromatic amines is 1. The molecule has 2 N–H and O–H groups in total. The van der Waals surface area contributed by atoms with Gasteiger partial charge in [0.15, 0.2) is 5.01 Å². The second-order valence-electron chi connectivity index (χ2n) is 3.09. The van der Waals surface area contributed by atoms with Crippen LogP contribution < -0.4 is 5.32 Å². The van der Waals surface area contributed by atoms with Crippen molar-refractivity contribution in [1.82, 2.24) is 25.7 Å². The van der Waals surface area contributed by atoms with Crippen molar-refractivity contribution < 1.29 is 0 Å². The molecular weight excluding hydrogens is 210 g/mol. The molecule has 6 heteroatoms. The maximum Gasteiger partial charge on any atom is 0.150 e. The molecule has 0 atom stereocenters. The number of hydrogen-bond donors (Lipinski definition) is 2. The first-order chi connectivity index (χ1) is 7.40. The van der Waals surface area contributed by atoms with Crippen LogP contribution in [0.5, 0.6) is 0 Å². The number of rotatable bonds is 5. The van der Waals surface area contributed by atoms with Gasteiger partial charge in [0.05, 0.1) is 11.8 Å². The minimum atomic E-state index is 0.926. The molecule has 2 rings (SSSR count). The average molecular weight is 223 g/mol. The van der Waals surface area contributed by atoms with Crippen molar-refractivity contribution in [3.8, 4) is 10.6 Å². The molecule has 0 amide bonds. The average Bonchev–Trinajstić information content (AvgIpc) is 2.87. The highest BCUT2D eigenvalue weighted by Crippen LogP contribution is 2.21. The van der Waals surface area contributed by atoms with Crippen molar-refractivity contribution in [2.45, 2.75) is 13.3 Å². The molecule has 0 saturated carbocycles. The number of nitrogens with zero attached hydrogens (tertiary/aromatic N) is 3. The Hall–Kier alpha value is -1.27. The molecule has 0 aromatic carbocycles. The largest absolute Gasteiger partial charge is 0.317 e. The zero-order valence-electron chi connectivity index (χ0n) is 8.53. The van der Waals surface area contributed by atoms with E-state index in [4.69, 9.17) is 0 Å². The maximum absolute atomic E-state index is 4.13. The molecule has 0 bridgehead atoms. The fraction of sp³-hybridized carbons (Fsp3) is 0.444. The van der Waals surface area contributed by atoms with E-state index in [0.717, 1.165) is 35.1 Å². The normalized spacial score (nSPS) is 10.7. The zero-order valence-corrected chi connectivity index (χ0v) is 9.34. The van der Waals surface area contributed by atoms with Crippen molar-refractivity contribution in [1.29, 1.82) is 0 Å². The van der Waals surface area contributed by atoms with E-state index >= 15 is 0 Å². The van der Waals surface area contributed by atoms with Gasteiger partial charge in [-0.3, -0.25) is 5.10 Å². The van der Waals surface area contributed by atoms with Crippen molar-refractivity contribution >= 4 is 11.3 Å². The number of likely N-dealkylation sites (N-methyl/N-ethyl adjacent to an activating group) is 1. The van der Waals surface area contributed by atoms with E-state index in [1.165, 1.54) is 0 Å². The predicted octanol–water partition coefficient (Wildman–Crippen LogP) is 1.08. The molecule has 2 aromatic heterocycles. The van der Waals surface area contributed by atoms with Crippen LogP contribution in [0.4, 0.5) is 0 Å². The van der Waals surface area contributed by atoms with E-state index in [2.05, 4.69) is 32.6 Å². The number of hydrogen-bond acceptors (Lipinski definition) is 5. The number of H-pyrrole nitrogens is 1. The lowest BCUT2D eigenvalue weighted by Gasteiger charge is -1.95. The van der Waals surface area contributed by atoms with Gasteiger partial charge in [0, 0.05) is 19.2 Å². The summed E-state index contributed by atoms with van der Waals surface area (Å²) in [6, 6.07) is 0. The van der Waals surface area contributed by atoms with Gasteiger partial charge in [-0.15, -0.1) is 10.2 Å². The van der Waals surface area contributed by atoms with Gasteiger partial charge in [-0.2, -0.15) is 5.10 Å². The van der Waals surface area contributed by atoms with Crippen LogP contribution in [0.15, 0.2) is 12.4 Å². The fourth-order valence-corrected chi connectivity index (χ4v) is 2.03. The van der Waals surface area contributed by atoms with Gasteiger partial charge >= 0.3 is 0 Å². The van der Waals surface area contributed by atoms with Crippen LogP contribution in [0.1, 0.15) is 11.9 Å². The zero-order chi connectivity index (χ0) is 10.5. The van der Waals surface area contributed by atoms with E-state index in [1.54, 1.807) is 17.5 Å². The molecule has 80 valence electrons. The highest BCUT2D eigenvalue weighted by Gasteiger charge is 2.06. The molecule has 0 unspecified atom stereocenters. The summed E-state index contributed by atoms with van der Waals surface area (Å²) in [6.45, 7) is 4.04. The third-order valence-electron chi connectivity index (χ3n) is 1.98. The van der Waals surface area contributed by atoms with Gasteiger partial charge in [0.25, 0.3) is 0 Å². The van der Waals surface area contributed by atoms with Gasteiger partial charge in [-0.05, 0) is 6.54 Å². The first-order valence-electron chi connectivity index (χ1n) is 4.92. The summed E-state index contributed by atoms with van der Waals surface area (Å²) in [5.41, 5.74) is 1.00. The van der Waals surface area contributed by atoms with Crippen molar-refractivity contribution in [3.05, 3.63) is 17.4 Å². The lowest BCUT2D eigenvalue weighted by Crippen LogP contribution is -2.15. The van der Waals surface area contributed by atoms with Crippen LogP contribution in [-0.2, 0) is 6.42 Å². The summed E-state index contributed by atoms with van der Waals surface area (Å²) < 4.78 is 0. The van der Waals surface area contributed by atoms with Gasteiger partial charge in [0.2, 0.25) is 0 Å². The second-order valence-corrected chi connectivity index (χ2v) is 4.15. The summed E-state index contributed by atoms with van der Waals surface area (Å²) in [5.74, 6) is 0. The highest BCUT2D eigenvalue weighted by molar-refractivity contribution is 7.14. The summed E-state index contributed by atoms with van der Waals surface area (Å²) in [7, 11) is 0. The van der Waals surface area contributed by atoms with Gasteiger partial charge < -0.3 is 5.32 Å². The van der Waals surface area contributed by atoms with Crippen LogP contribution in [0.3, 0.4) is 0 Å². The molecule has 0 spiro atoms. The van der Waals surface area contributed by atoms with E-state index in [1.807, 2.05) is 6.20 Å². The predicted molar refractivity (Wildman–Crippen MR) is 59.7 cm³/mol. The molecule has 5 nitrogen and oxygen atoms in total. The minimum absolute atomic E-state index is 0.926. The summed E-state index contributed by atoms with van der Waals surface area (Å²) in [6.07, 6.45) is 4.52. The van der Waals surface area contributed by atoms with E-state index in [-0.39, 0.29) is 0 Å². The Kier molecular flexibility index (Phi) is 3.41. The van der Waals surface area contributed by atoms with Crippen LogP contribution in [0.25, 0.3) is 10.6 Å². The van der Waals surface area contributed by atoms with Crippen molar-refractivity contribution in [2.75, 3.05) is 13.1 Å². The smallest absolute Gasteiger partial charge is 0.150 e. The molecule has 2 aromatic rings. The third kappa shape index (κ3) is 2.60.